The molecule has 0 amide bonds. The predicted octanol–water partition coefficient (Wildman–Crippen LogP) is 3.08. The minimum absolute atomic E-state index is 0.337. The van der Waals surface area contributed by atoms with Crippen LogP contribution >= 0.6 is 11.8 Å². The summed E-state index contributed by atoms with van der Waals surface area (Å²) in [4.78, 5) is 4.49. The van der Waals surface area contributed by atoms with E-state index in [2.05, 4.69) is 10.1 Å². The van der Waals surface area contributed by atoms with Gasteiger partial charge >= 0.3 is 0 Å². The summed E-state index contributed by atoms with van der Waals surface area (Å²) in [5.74, 6) is 2.48. The zero-order chi connectivity index (χ0) is 13.1. The van der Waals surface area contributed by atoms with Gasteiger partial charge in [-0.3, -0.25) is 0 Å². The highest BCUT2D eigenvalue weighted by molar-refractivity contribution is 7.99. The largest absolute Gasteiger partial charge is 0.337 e. The Hall–Kier alpha value is -1.33. The molecule has 1 aliphatic rings. The third-order valence-corrected chi connectivity index (χ3v) is 4.72. The van der Waals surface area contributed by atoms with E-state index in [4.69, 9.17) is 10.3 Å². The van der Waals surface area contributed by atoms with Gasteiger partial charge in [0, 0.05) is 0 Å². The normalized spacial score (nSPS) is 21.2. The van der Waals surface area contributed by atoms with E-state index in [1.165, 1.54) is 18.6 Å². The second-order valence-corrected chi connectivity index (χ2v) is 6.05. The van der Waals surface area contributed by atoms with E-state index in [9.17, 15) is 0 Å². The van der Waals surface area contributed by atoms with Crippen LogP contribution in [0.4, 0.5) is 0 Å². The van der Waals surface area contributed by atoms with E-state index < -0.39 is 0 Å². The lowest BCUT2D eigenvalue weighted by Crippen LogP contribution is -2.12. The second kappa shape index (κ2) is 5.75. The molecule has 2 heterocycles. The van der Waals surface area contributed by atoms with Crippen LogP contribution in [0, 0.1) is 0 Å². The maximum Gasteiger partial charge on any atom is 0.248 e. The Bertz CT molecular complexity index is 522. The summed E-state index contributed by atoms with van der Waals surface area (Å²) in [5, 5.41) is 4.47. The Morgan fingerprint density at radius 2 is 2.11 bits per heavy atom. The number of nitrogens with zero attached hydrogens (tertiary/aromatic N) is 2. The van der Waals surface area contributed by atoms with Crippen LogP contribution in [-0.4, -0.2) is 15.9 Å². The van der Waals surface area contributed by atoms with E-state index >= 15 is 0 Å². The smallest absolute Gasteiger partial charge is 0.248 e. The fourth-order valence-corrected chi connectivity index (χ4v) is 3.49. The van der Waals surface area contributed by atoms with Crippen molar-refractivity contribution in [2.45, 2.75) is 30.6 Å². The van der Waals surface area contributed by atoms with Gasteiger partial charge in [-0.2, -0.15) is 16.7 Å². The van der Waals surface area contributed by atoms with Crippen LogP contribution in [0.25, 0.3) is 0 Å². The summed E-state index contributed by atoms with van der Waals surface area (Å²) >= 11 is 1.91. The predicted molar refractivity (Wildman–Crippen MR) is 75.8 cm³/mol. The first-order valence-electron chi connectivity index (χ1n) is 6.60. The van der Waals surface area contributed by atoms with Crippen LogP contribution < -0.4 is 5.73 Å². The van der Waals surface area contributed by atoms with Crippen molar-refractivity contribution < 1.29 is 4.52 Å². The standard InChI is InChI=1S/C14H17N3OS/c15-12(10-6-2-1-3-7-10)14-16-13(17-18-14)11-8-4-5-9-19-11/h1-3,6-7,11-12H,4-5,8-9,15H2/t11?,12-/m1/s1. The van der Waals surface area contributed by atoms with Crippen molar-refractivity contribution in [1.29, 1.82) is 0 Å². The molecule has 1 saturated heterocycles. The fourth-order valence-electron chi connectivity index (χ4n) is 2.25. The van der Waals surface area contributed by atoms with Crippen molar-refractivity contribution in [3.8, 4) is 0 Å². The number of aromatic nitrogens is 2. The Balaban J connectivity index is 1.77. The van der Waals surface area contributed by atoms with Crippen LogP contribution in [0.2, 0.25) is 0 Å². The molecule has 1 unspecified atom stereocenters. The highest BCUT2D eigenvalue weighted by atomic mass is 32.2. The fraction of sp³-hybridized carbons (Fsp3) is 0.429. The van der Waals surface area contributed by atoms with Crippen LogP contribution in [0.1, 0.15) is 47.8 Å². The lowest BCUT2D eigenvalue weighted by Gasteiger charge is -2.17. The molecule has 0 radical (unpaired) electrons. The third kappa shape index (κ3) is 2.82. The quantitative estimate of drug-likeness (QED) is 0.932. The van der Waals surface area contributed by atoms with E-state index in [-0.39, 0.29) is 6.04 Å². The molecule has 0 aliphatic carbocycles. The summed E-state index contributed by atoms with van der Waals surface area (Å²) in [6.45, 7) is 0. The van der Waals surface area contributed by atoms with E-state index in [1.807, 2.05) is 42.1 Å². The van der Waals surface area contributed by atoms with Crippen molar-refractivity contribution in [1.82, 2.24) is 10.1 Å². The molecule has 1 aromatic carbocycles. The van der Waals surface area contributed by atoms with E-state index in [0.29, 0.717) is 11.1 Å². The van der Waals surface area contributed by atoms with Gasteiger partial charge in [-0.15, -0.1) is 0 Å². The molecule has 2 atom stereocenters. The van der Waals surface area contributed by atoms with Gasteiger partial charge in [-0.25, -0.2) is 0 Å². The van der Waals surface area contributed by atoms with E-state index in [0.717, 1.165) is 17.8 Å². The molecule has 2 aromatic rings. The number of hydrogen-bond acceptors (Lipinski definition) is 5. The number of hydrogen-bond donors (Lipinski definition) is 1. The molecule has 0 spiro atoms. The Morgan fingerprint density at radius 1 is 1.26 bits per heavy atom. The highest BCUT2D eigenvalue weighted by Crippen LogP contribution is 2.37. The van der Waals surface area contributed by atoms with Crippen LogP contribution in [-0.2, 0) is 0 Å². The third-order valence-electron chi connectivity index (χ3n) is 3.35. The second-order valence-electron chi connectivity index (χ2n) is 4.73. The van der Waals surface area contributed by atoms with Gasteiger partial charge in [0.1, 0.15) is 6.04 Å². The van der Waals surface area contributed by atoms with Gasteiger partial charge in [-0.05, 0) is 24.2 Å². The van der Waals surface area contributed by atoms with Crippen molar-refractivity contribution in [2.75, 3.05) is 5.75 Å². The maximum absolute atomic E-state index is 6.16. The van der Waals surface area contributed by atoms with Gasteiger partial charge in [-0.1, -0.05) is 41.9 Å². The number of rotatable bonds is 3. The Morgan fingerprint density at radius 3 is 2.84 bits per heavy atom. The monoisotopic (exact) mass is 275 g/mol. The summed E-state index contributed by atoms with van der Waals surface area (Å²) < 4.78 is 5.33. The van der Waals surface area contributed by atoms with Crippen molar-refractivity contribution in [3.63, 3.8) is 0 Å². The average molecular weight is 275 g/mol. The molecule has 1 aromatic heterocycles. The Labute approximate surface area is 116 Å². The number of nitrogens with two attached hydrogens (primary N) is 1. The molecule has 100 valence electrons. The first-order chi connectivity index (χ1) is 9.34. The minimum atomic E-state index is -0.337. The Kier molecular flexibility index (Phi) is 3.84. The van der Waals surface area contributed by atoms with Gasteiger partial charge in [0.15, 0.2) is 5.82 Å². The lowest BCUT2D eigenvalue weighted by molar-refractivity contribution is 0.361. The van der Waals surface area contributed by atoms with Gasteiger partial charge < -0.3 is 10.3 Å². The molecular formula is C14H17N3OS. The van der Waals surface area contributed by atoms with Crippen LogP contribution in [0.3, 0.4) is 0 Å². The first-order valence-corrected chi connectivity index (χ1v) is 7.65. The molecule has 4 nitrogen and oxygen atoms in total. The van der Waals surface area contributed by atoms with Crippen molar-refractivity contribution in [2.24, 2.45) is 5.73 Å². The van der Waals surface area contributed by atoms with Gasteiger partial charge in [0.25, 0.3) is 0 Å². The molecule has 1 aliphatic heterocycles. The van der Waals surface area contributed by atoms with Gasteiger partial charge in [0.05, 0.1) is 5.25 Å². The molecule has 2 N–H and O–H groups in total. The topological polar surface area (TPSA) is 64.9 Å². The zero-order valence-corrected chi connectivity index (χ0v) is 11.5. The lowest BCUT2D eigenvalue weighted by atomic mass is 10.1. The summed E-state index contributed by atoms with van der Waals surface area (Å²) in [6, 6.07) is 9.51. The minimum Gasteiger partial charge on any atom is -0.337 e. The molecule has 0 saturated carbocycles. The molecule has 0 bridgehead atoms. The number of thioether (sulfide) groups is 1. The number of benzene rings is 1. The molecule has 19 heavy (non-hydrogen) atoms. The molecular weight excluding hydrogens is 258 g/mol. The highest BCUT2D eigenvalue weighted by Gasteiger charge is 2.23. The van der Waals surface area contributed by atoms with Crippen molar-refractivity contribution in [3.05, 3.63) is 47.6 Å². The summed E-state index contributed by atoms with van der Waals surface area (Å²) in [5.41, 5.74) is 7.15. The maximum atomic E-state index is 6.16. The molecule has 1 fully saturated rings. The van der Waals surface area contributed by atoms with Gasteiger partial charge in [0.2, 0.25) is 5.89 Å². The zero-order valence-electron chi connectivity index (χ0n) is 10.7. The van der Waals surface area contributed by atoms with Crippen LogP contribution in [0.15, 0.2) is 34.9 Å². The molecule has 3 rings (SSSR count). The SMILES string of the molecule is N[C@H](c1ccccc1)c1nc(C2CCCCS2)no1. The first kappa shape index (κ1) is 12.7. The van der Waals surface area contributed by atoms with Crippen LogP contribution in [0.5, 0.6) is 0 Å². The van der Waals surface area contributed by atoms with E-state index in [1.54, 1.807) is 0 Å². The summed E-state index contributed by atoms with van der Waals surface area (Å²) in [6.07, 6.45) is 3.66. The average Bonchev–Trinajstić information content (AvgIpc) is 2.98. The summed E-state index contributed by atoms with van der Waals surface area (Å²) in [7, 11) is 0. The molecule has 5 heteroatoms. The van der Waals surface area contributed by atoms with Crippen molar-refractivity contribution >= 4 is 11.8 Å².